The number of fused-ring (bicyclic) bond motifs is 2. The van der Waals surface area contributed by atoms with Gasteiger partial charge in [-0.1, -0.05) is 88.7 Å². The van der Waals surface area contributed by atoms with Crippen LogP contribution in [-0.4, -0.2) is 47.7 Å². The lowest BCUT2D eigenvalue weighted by Crippen LogP contribution is -2.43. The summed E-state index contributed by atoms with van der Waals surface area (Å²) < 4.78 is 6.54. The van der Waals surface area contributed by atoms with Crippen LogP contribution in [0.5, 0.6) is 5.88 Å². The first-order valence-electron chi connectivity index (χ1n) is 12.6. The van der Waals surface area contributed by atoms with Crippen molar-refractivity contribution in [1.29, 1.82) is 0 Å². The fourth-order valence-electron chi connectivity index (χ4n) is 5.36. The maximum Gasteiger partial charge on any atom is 0.217 e. The number of rotatable bonds is 8. The van der Waals surface area contributed by atoms with Gasteiger partial charge in [0, 0.05) is 27.8 Å². The van der Waals surface area contributed by atoms with E-state index in [1.54, 1.807) is 21.2 Å². The summed E-state index contributed by atoms with van der Waals surface area (Å²) in [7, 11) is 5.05. The minimum atomic E-state index is -1.41. The minimum absolute atomic E-state index is 0.269. The lowest BCUT2D eigenvalue weighted by atomic mass is 9.70. The average molecular weight is 573 g/mol. The molecule has 5 nitrogen and oxygen atoms in total. The van der Waals surface area contributed by atoms with Gasteiger partial charge in [-0.3, -0.25) is 0 Å². The van der Waals surface area contributed by atoms with Crippen molar-refractivity contribution >= 4 is 37.6 Å². The smallest absolute Gasteiger partial charge is 0.217 e. The number of aliphatic hydroxyl groups is 1. The molecule has 0 aliphatic rings. The third-order valence-electron chi connectivity index (χ3n) is 7.18. The molecule has 38 heavy (non-hydrogen) atoms. The van der Waals surface area contributed by atoms with Gasteiger partial charge in [-0.05, 0) is 46.2 Å². The number of nitrogens with zero attached hydrogens (tertiary/aromatic N) is 2. The molecule has 5 rings (SSSR count). The lowest BCUT2D eigenvalue weighted by Gasteiger charge is -2.39. The predicted octanol–water partition coefficient (Wildman–Crippen LogP) is 7.03. The molecule has 0 radical (unpaired) electrons. The topological polar surface area (TPSA) is 62.6 Å². The summed E-state index contributed by atoms with van der Waals surface area (Å²) in [6.07, 6.45) is 0.295. The van der Waals surface area contributed by atoms with Gasteiger partial charge < -0.3 is 9.84 Å². The molecule has 1 heterocycles. The Bertz CT molecular complexity index is 1580. The molecular formula is C32H32BrN2O3+. The number of hydrogen-bond donors (Lipinski definition) is 2. The third kappa shape index (κ3) is 5.18. The van der Waals surface area contributed by atoms with Crippen LogP contribution in [0.1, 0.15) is 29.0 Å². The van der Waals surface area contributed by atoms with Gasteiger partial charge in [-0.15, -0.1) is 0 Å². The van der Waals surface area contributed by atoms with Crippen molar-refractivity contribution in [2.24, 2.45) is 0 Å². The summed E-state index contributed by atoms with van der Waals surface area (Å²) in [5, 5.41) is 26.7. The number of aromatic nitrogens is 1. The van der Waals surface area contributed by atoms with Gasteiger partial charge in [0.15, 0.2) is 0 Å². The fourth-order valence-corrected chi connectivity index (χ4v) is 5.73. The molecule has 0 saturated heterocycles. The number of hydroxylamine groups is 3. The molecule has 1 aromatic heterocycles. The maximum absolute atomic E-state index is 13.0. The van der Waals surface area contributed by atoms with Crippen molar-refractivity contribution in [3.63, 3.8) is 0 Å². The number of ether oxygens (including phenoxy) is 1. The van der Waals surface area contributed by atoms with Crippen LogP contribution >= 0.6 is 15.9 Å². The van der Waals surface area contributed by atoms with Crippen LogP contribution in [0.2, 0.25) is 0 Å². The second-order valence-electron chi connectivity index (χ2n) is 10.3. The first-order valence-corrected chi connectivity index (χ1v) is 13.4. The van der Waals surface area contributed by atoms with E-state index >= 15 is 0 Å². The summed E-state index contributed by atoms with van der Waals surface area (Å²) in [4.78, 5) is 4.85. The van der Waals surface area contributed by atoms with Crippen LogP contribution in [0.25, 0.3) is 21.7 Å². The van der Waals surface area contributed by atoms with E-state index in [9.17, 15) is 10.3 Å². The molecule has 2 atom stereocenters. The Morgan fingerprint density at radius 3 is 2.34 bits per heavy atom. The van der Waals surface area contributed by atoms with Gasteiger partial charge in [0.1, 0.15) is 12.1 Å². The van der Waals surface area contributed by atoms with Gasteiger partial charge >= 0.3 is 0 Å². The van der Waals surface area contributed by atoms with E-state index in [1.165, 1.54) is 0 Å². The van der Waals surface area contributed by atoms with E-state index in [-0.39, 0.29) is 4.65 Å². The van der Waals surface area contributed by atoms with Gasteiger partial charge in [0.05, 0.1) is 26.7 Å². The first kappa shape index (κ1) is 26.3. The van der Waals surface area contributed by atoms with Gasteiger partial charge in [-0.2, -0.15) is 4.65 Å². The Balaban J connectivity index is 1.84. The van der Waals surface area contributed by atoms with Gasteiger partial charge in [-0.25, -0.2) is 10.2 Å². The first-order chi connectivity index (χ1) is 18.2. The van der Waals surface area contributed by atoms with E-state index in [4.69, 9.17) is 9.72 Å². The Morgan fingerprint density at radius 1 is 0.895 bits per heavy atom. The highest BCUT2D eigenvalue weighted by atomic mass is 79.9. The minimum Gasteiger partial charge on any atom is -0.481 e. The highest BCUT2D eigenvalue weighted by Gasteiger charge is 2.44. The van der Waals surface area contributed by atoms with Crippen LogP contribution in [0.4, 0.5) is 0 Å². The summed E-state index contributed by atoms with van der Waals surface area (Å²) in [6, 6.07) is 32.1. The Hall–Kier alpha value is -3.29. The number of benzene rings is 4. The molecule has 194 valence electrons. The Labute approximate surface area is 231 Å². The fraction of sp³-hybridized carbons (Fsp3) is 0.219. The molecule has 0 fully saturated rings. The van der Waals surface area contributed by atoms with Crippen molar-refractivity contribution in [1.82, 2.24) is 4.98 Å². The van der Waals surface area contributed by atoms with E-state index < -0.39 is 11.5 Å². The second-order valence-corrected chi connectivity index (χ2v) is 11.2. The van der Waals surface area contributed by atoms with Crippen molar-refractivity contribution in [2.45, 2.75) is 17.9 Å². The number of quaternary nitrogens is 1. The van der Waals surface area contributed by atoms with Crippen LogP contribution in [0.15, 0.2) is 102 Å². The molecule has 0 saturated carbocycles. The van der Waals surface area contributed by atoms with E-state index in [0.717, 1.165) is 42.8 Å². The molecule has 4 aromatic carbocycles. The van der Waals surface area contributed by atoms with Gasteiger partial charge in [0.2, 0.25) is 5.88 Å². The second kappa shape index (κ2) is 10.5. The third-order valence-corrected chi connectivity index (χ3v) is 7.67. The molecule has 0 aliphatic heterocycles. The summed E-state index contributed by atoms with van der Waals surface area (Å²) >= 11 is 3.59. The maximum atomic E-state index is 13.0. The largest absolute Gasteiger partial charge is 0.481 e. The molecule has 0 spiro atoms. The lowest BCUT2D eigenvalue weighted by molar-refractivity contribution is -1.07. The highest BCUT2D eigenvalue weighted by Crippen LogP contribution is 2.49. The van der Waals surface area contributed by atoms with Crippen molar-refractivity contribution < 1.29 is 19.7 Å². The van der Waals surface area contributed by atoms with Crippen LogP contribution in [0.3, 0.4) is 0 Å². The summed E-state index contributed by atoms with van der Waals surface area (Å²) in [5.74, 6) is -0.0722. The monoisotopic (exact) mass is 571 g/mol. The van der Waals surface area contributed by atoms with E-state index in [1.807, 2.05) is 78.9 Å². The molecule has 2 unspecified atom stereocenters. The molecule has 6 heteroatoms. The molecule has 0 aliphatic carbocycles. The standard InChI is InChI=1S/C32H32BrN2O3/c1-35(2,37)19-18-32(36,28-15-9-13-22-10-7-8-14-26(22)28)30(23-11-5-4-6-12-23)27-21-24-20-25(33)16-17-29(24)34-31(27)38-3/h4-17,20-21,30,36-37H,18-19H2,1-3H3/q+1. The highest BCUT2D eigenvalue weighted by molar-refractivity contribution is 9.10. The van der Waals surface area contributed by atoms with E-state index in [2.05, 4.69) is 34.1 Å². The SMILES string of the molecule is COc1nc2ccc(Br)cc2cc1C(c1ccccc1)C(O)(CC[N+](C)(C)O)c1cccc2ccccc12. The zero-order valence-electron chi connectivity index (χ0n) is 21.8. The van der Waals surface area contributed by atoms with Crippen LogP contribution in [-0.2, 0) is 5.60 Å². The number of pyridine rings is 1. The average Bonchev–Trinajstić information content (AvgIpc) is 2.91. The van der Waals surface area contributed by atoms with Crippen molar-refractivity contribution in [2.75, 3.05) is 27.7 Å². The zero-order valence-corrected chi connectivity index (χ0v) is 23.4. The summed E-state index contributed by atoms with van der Waals surface area (Å²) in [6.45, 7) is 0.331. The van der Waals surface area contributed by atoms with Gasteiger partial charge in [0.25, 0.3) is 0 Å². The van der Waals surface area contributed by atoms with Crippen molar-refractivity contribution in [3.05, 3.63) is 118 Å². The molecule has 5 aromatic rings. The number of hydrogen-bond acceptors (Lipinski definition) is 4. The van der Waals surface area contributed by atoms with E-state index in [0.29, 0.717) is 18.8 Å². The molecule has 0 amide bonds. The van der Waals surface area contributed by atoms with Crippen LogP contribution < -0.4 is 4.74 Å². The molecule has 0 bridgehead atoms. The normalized spacial score (nSPS) is 14.4. The number of halogens is 1. The Morgan fingerprint density at radius 2 is 1.61 bits per heavy atom. The van der Waals surface area contributed by atoms with Crippen LogP contribution in [0, 0.1) is 0 Å². The predicted molar refractivity (Wildman–Crippen MR) is 156 cm³/mol. The quantitative estimate of drug-likeness (QED) is 0.155. The Kier molecular flexibility index (Phi) is 7.25. The van der Waals surface area contributed by atoms with Crippen molar-refractivity contribution in [3.8, 4) is 5.88 Å². The zero-order chi connectivity index (χ0) is 26.9. The summed E-state index contributed by atoms with van der Waals surface area (Å²) in [5.41, 5.74) is 1.91. The molecular weight excluding hydrogens is 540 g/mol. The number of methoxy groups -OCH3 is 1. The molecule has 2 N–H and O–H groups in total.